The van der Waals surface area contributed by atoms with Crippen molar-refractivity contribution in [1.29, 1.82) is 0 Å². The summed E-state index contributed by atoms with van der Waals surface area (Å²) >= 11 is 0. The van der Waals surface area contributed by atoms with E-state index >= 15 is 0 Å². The van der Waals surface area contributed by atoms with Crippen molar-refractivity contribution in [1.82, 2.24) is 5.32 Å². The van der Waals surface area contributed by atoms with E-state index in [1.807, 2.05) is 0 Å². The standard InChI is InChI=1S/C12H16FNO/c1-12(6-8-14-9-7-12)15-11-4-2-10(13)3-5-11/h2-5,14H,6-9H2,1H3. The lowest BCUT2D eigenvalue weighted by Gasteiger charge is -2.34. The van der Waals surface area contributed by atoms with E-state index in [1.165, 1.54) is 12.1 Å². The topological polar surface area (TPSA) is 21.3 Å². The SMILES string of the molecule is CC1(Oc2ccc(F)cc2)CCNCC1. The van der Waals surface area contributed by atoms with Crippen LogP contribution in [0.15, 0.2) is 24.3 Å². The summed E-state index contributed by atoms with van der Waals surface area (Å²) in [5, 5.41) is 3.29. The molecular formula is C12H16FNO. The van der Waals surface area contributed by atoms with Crippen molar-refractivity contribution < 1.29 is 9.13 Å². The predicted octanol–water partition coefficient (Wildman–Crippen LogP) is 2.35. The molecule has 3 heteroatoms. The summed E-state index contributed by atoms with van der Waals surface area (Å²) in [6, 6.07) is 6.23. The summed E-state index contributed by atoms with van der Waals surface area (Å²) < 4.78 is 18.6. The molecular weight excluding hydrogens is 193 g/mol. The van der Waals surface area contributed by atoms with Crippen molar-refractivity contribution in [3.05, 3.63) is 30.1 Å². The monoisotopic (exact) mass is 209 g/mol. The van der Waals surface area contributed by atoms with Crippen LogP contribution in [-0.4, -0.2) is 18.7 Å². The van der Waals surface area contributed by atoms with E-state index < -0.39 is 0 Å². The Labute approximate surface area is 89.4 Å². The molecule has 0 atom stereocenters. The zero-order valence-electron chi connectivity index (χ0n) is 8.92. The van der Waals surface area contributed by atoms with Crippen LogP contribution >= 0.6 is 0 Å². The summed E-state index contributed by atoms with van der Waals surface area (Å²) in [7, 11) is 0. The molecule has 0 aliphatic carbocycles. The molecule has 1 aliphatic rings. The highest BCUT2D eigenvalue weighted by Gasteiger charge is 2.28. The highest BCUT2D eigenvalue weighted by Crippen LogP contribution is 2.25. The molecule has 0 spiro atoms. The first kappa shape index (κ1) is 10.4. The number of nitrogens with one attached hydrogen (secondary N) is 1. The van der Waals surface area contributed by atoms with Crippen molar-refractivity contribution in [2.24, 2.45) is 0 Å². The van der Waals surface area contributed by atoms with E-state index in [0.29, 0.717) is 0 Å². The van der Waals surface area contributed by atoms with Gasteiger partial charge < -0.3 is 10.1 Å². The average Bonchev–Trinajstić information content (AvgIpc) is 2.22. The van der Waals surface area contributed by atoms with Crippen LogP contribution in [0.3, 0.4) is 0 Å². The molecule has 1 fully saturated rings. The van der Waals surface area contributed by atoms with Crippen LogP contribution in [0.5, 0.6) is 5.75 Å². The molecule has 0 amide bonds. The van der Waals surface area contributed by atoms with Gasteiger partial charge in [0.1, 0.15) is 17.2 Å². The first-order valence-corrected chi connectivity index (χ1v) is 5.33. The third-order valence-electron chi connectivity index (χ3n) is 2.84. The number of benzene rings is 1. The maximum atomic E-state index is 12.7. The Morgan fingerprint density at radius 1 is 1.20 bits per heavy atom. The highest BCUT2D eigenvalue weighted by molar-refractivity contribution is 5.23. The molecule has 15 heavy (non-hydrogen) atoms. The molecule has 1 saturated heterocycles. The van der Waals surface area contributed by atoms with Gasteiger partial charge in [-0.3, -0.25) is 0 Å². The summed E-state index contributed by atoms with van der Waals surface area (Å²) in [6.07, 6.45) is 1.98. The zero-order valence-corrected chi connectivity index (χ0v) is 8.92. The van der Waals surface area contributed by atoms with E-state index in [-0.39, 0.29) is 11.4 Å². The van der Waals surface area contributed by atoms with Gasteiger partial charge in [0.2, 0.25) is 0 Å². The van der Waals surface area contributed by atoms with Crippen LogP contribution in [0.1, 0.15) is 19.8 Å². The van der Waals surface area contributed by atoms with Gasteiger partial charge in [0.05, 0.1) is 0 Å². The van der Waals surface area contributed by atoms with Crippen LogP contribution in [0, 0.1) is 5.82 Å². The molecule has 82 valence electrons. The Kier molecular flexibility index (Phi) is 2.91. The van der Waals surface area contributed by atoms with Crippen molar-refractivity contribution in [2.75, 3.05) is 13.1 Å². The third kappa shape index (κ3) is 2.69. The van der Waals surface area contributed by atoms with E-state index in [0.717, 1.165) is 31.7 Å². The number of hydrogen-bond acceptors (Lipinski definition) is 2. The predicted molar refractivity (Wildman–Crippen MR) is 57.5 cm³/mol. The van der Waals surface area contributed by atoms with Gasteiger partial charge in [0.15, 0.2) is 0 Å². The molecule has 0 saturated carbocycles. The van der Waals surface area contributed by atoms with Crippen LogP contribution in [-0.2, 0) is 0 Å². The fourth-order valence-corrected chi connectivity index (χ4v) is 1.84. The number of halogens is 1. The van der Waals surface area contributed by atoms with Gasteiger partial charge in [-0.2, -0.15) is 0 Å². The number of piperidine rings is 1. The molecule has 2 rings (SSSR count). The van der Waals surface area contributed by atoms with E-state index in [2.05, 4.69) is 12.2 Å². The van der Waals surface area contributed by atoms with Crippen molar-refractivity contribution in [3.8, 4) is 5.75 Å². The quantitative estimate of drug-likeness (QED) is 0.807. The summed E-state index contributed by atoms with van der Waals surface area (Å²) in [5.74, 6) is 0.526. The molecule has 0 aromatic heterocycles. The molecule has 1 aromatic rings. The Morgan fingerprint density at radius 3 is 2.40 bits per heavy atom. The van der Waals surface area contributed by atoms with E-state index in [1.54, 1.807) is 12.1 Å². The fraction of sp³-hybridized carbons (Fsp3) is 0.500. The van der Waals surface area contributed by atoms with Crippen molar-refractivity contribution >= 4 is 0 Å². The van der Waals surface area contributed by atoms with Crippen molar-refractivity contribution in [3.63, 3.8) is 0 Å². The second kappa shape index (κ2) is 4.19. The van der Waals surface area contributed by atoms with E-state index in [4.69, 9.17) is 4.74 Å². The summed E-state index contributed by atoms with van der Waals surface area (Å²) in [5.41, 5.74) is -0.108. The van der Waals surface area contributed by atoms with Crippen LogP contribution in [0.25, 0.3) is 0 Å². The zero-order chi connectivity index (χ0) is 10.7. The second-order valence-corrected chi connectivity index (χ2v) is 4.26. The second-order valence-electron chi connectivity index (χ2n) is 4.26. The van der Waals surface area contributed by atoms with Gasteiger partial charge in [-0.25, -0.2) is 4.39 Å². The van der Waals surface area contributed by atoms with Crippen LogP contribution < -0.4 is 10.1 Å². The molecule has 2 nitrogen and oxygen atoms in total. The largest absolute Gasteiger partial charge is 0.487 e. The Bertz CT molecular complexity index is 317. The van der Waals surface area contributed by atoms with E-state index in [9.17, 15) is 4.39 Å². The maximum Gasteiger partial charge on any atom is 0.123 e. The first-order chi connectivity index (χ1) is 7.18. The lowest BCUT2D eigenvalue weighted by molar-refractivity contribution is 0.0555. The minimum absolute atomic E-state index is 0.108. The molecule has 1 N–H and O–H groups in total. The highest BCUT2D eigenvalue weighted by atomic mass is 19.1. The number of hydrogen-bond donors (Lipinski definition) is 1. The van der Waals surface area contributed by atoms with Gasteiger partial charge in [0.25, 0.3) is 0 Å². The minimum Gasteiger partial charge on any atom is -0.487 e. The van der Waals surface area contributed by atoms with Crippen LogP contribution in [0.2, 0.25) is 0 Å². The Balaban J connectivity index is 2.03. The normalized spacial score (nSPS) is 19.9. The Morgan fingerprint density at radius 2 is 1.80 bits per heavy atom. The van der Waals surface area contributed by atoms with Crippen LogP contribution in [0.4, 0.5) is 4.39 Å². The minimum atomic E-state index is -0.224. The van der Waals surface area contributed by atoms with Gasteiger partial charge in [-0.15, -0.1) is 0 Å². The van der Waals surface area contributed by atoms with Gasteiger partial charge in [-0.05, 0) is 57.1 Å². The average molecular weight is 209 g/mol. The lowest BCUT2D eigenvalue weighted by Crippen LogP contribution is -2.43. The molecule has 1 aliphatic heterocycles. The van der Waals surface area contributed by atoms with Gasteiger partial charge >= 0.3 is 0 Å². The Hall–Kier alpha value is -1.09. The smallest absolute Gasteiger partial charge is 0.123 e. The lowest BCUT2D eigenvalue weighted by atomic mass is 9.94. The molecule has 1 aromatic carbocycles. The first-order valence-electron chi connectivity index (χ1n) is 5.33. The number of ether oxygens (including phenoxy) is 1. The molecule has 1 heterocycles. The maximum absolute atomic E-state index is 12.7. The summed E-state index contributed by atoms with van der Waals surface area (Å²) in [4.78, 5) is 0. The number of rotatable bonds is 2. The molecule has 0 bridgehead atoms. The molecule has 0 unspecified atom stereocenters. The van der Waals surface area contributed by atoms with Gasteiger partial charge in [-0.1, -0.05) is 0 Å². The summed E-state index contributed by atoms with van der Waals surface area (Å²) in [6.45, 7) is 4.08. The fourth-order valence-electron chi connectivity index (χ4n) is 1.84. The van der Waals surface area contributed by atoms with Crippen molar-refractivity contribution in [2.45, 2.75) is 25.4 Å². The molecule has 0 radical (unpaired) electrons. The van der Waals surface area contributed by atoms with Gasteiger partial charge in [0, 0.05) is 0 Å². The third-order valence-corrected chi connectivity index (χ3v) is 2.84.